The number of morpholine rings is 1. The normalized spacial score (nSPS) is 19.7. The number of hydrogen-bond donors (Lipinski definition) is 2. The standard InChI is InChI=1S/C22H28FN3O4S/c1-15-7-8-20(12-21(15)23)31(28,29)25-19-6-4-5-18(11-19)22(27)24-9-10-26-13-16(2)30-17(3)14-26/h4-8,11-12,16-17,25H,9-10,13-14H2,1-3H3,(H,24,27)/t16-,17-/m0/s1. The van der Waals surface area contributed by atoms with Gasteiger partial charge in [-0.05, 0) is 56.7 Å². The van der Waals surface area contributed by atoms with Crippen LogP contribution < -0.4 is 10.0 Å². The summed E-state index contributed by atoms with van der Waals surface area (Å²) in [7, 11) is -3.98. The highest BCUT2D eigenvalue weighted by Gasteiger charge is 2.22. The molecule has 2 N–H and O–H groups in total. The highest BCUT2D eigenvalue weighted by atomic mass is 32.2. The number of benzene rings is 2. The highest BCUT2D eigenvalue weighted by Crippen LogP contribution is 2.19. The number of halogens is 1. The van der Waals surface area contributed by atoms with E-state index in [1.165, 1.54) is 24.3 Å². The fourth-order valence-corrected chi connectivity index (χ4v) is 4.64. The molecule has 1 saturated heterocycles. The largest absolute Gasteiger partial charge is 0.373 e. The number of carbonyl (C=O) groups excluding carboxylic acids is 1. The third-order valence-electron chi connectivity index (χ3n) is 5.04. The number of carbonyl (C=O) groups is 1. The van der Waals surface area contributed by atoms with Crippen molar-refractivity contribution in [2.24, 2.45) is 0 Å². The van der Waals surface area contributed by atoms with Gasteiger partial charge in [-0.25, -0.2) is 12.8 Å². The molecule has 168 valence electrons. The molecule has 0 radical (unpaired) electrons. The molecule has 7 nitrogen and oxygen atoms in total. The average molecular weight is 450 g/mol. The Hall–Kier alpha value is -2.49. The highest BCUT2D eigenvalue weighted by molar-refractivity contribution is 7.92. The first kappa shape index (κ1) is 23.2. The van der Waals surface area contributed by atoms with Crippen LogP contribution in [-0.2, 0) is 14.8 Å². The Bertz CT molecular complexity index is 1030. The summed E-state index contributed by atoms with van der Waals surface area (Å²) < 4.78 is 47.0. The predicted octanol–water partition coefficient (Wildman–Crippen LogP) is 2.77. The molecule has 2 aromatic carbocycles. The molecule has 1 aliphatic rings. The van der Waals surface area contributed by atoms with Crippen LogP contribution in [0.25, 0.3) is 0 Å². The van der Waals surface area contributed by atoms with E-state index in [2.05, 4.69) is 14.9 Å². The second-order valence-corrected chi connectivity index (χ2v) is 9.55. The second kappa shape index (κ2) is 9.76. The van der Waals surface area contributed by atoms with E-state index in [0.717, 1.165) is 19.2 Å². The van der Waals surface area contributed by atoms with Gasteiger partial charge in [-0.3, -0.25) is 14.4 Å². The summed E-state index contributed by atoms with van der Waals surface area (Å²) in [6.45, 7) is 8.42. The van der Waals surface area contributed by atoms with Gasteiger partial charge >= 0.3 is 0 Å². The van der Waals surface area contributed by atoms with Gasteiger partial charge in [-0.1, -0.05) is 12.1 Å². The number of sulfonamides is 1. The minimum atomic E-state index is -3.98. The Kier molecular flexibility index (Phi) is 7.30. The smallest absolute Gasteiger partial charge is 0.261 e. The molecule has 31 heavy (non-hydrogen) atoms. The van der Waals surface area contributed by atoms with Gasteiger partial charge in [-0.15, -0.1) is 0 Å². The van der Waals surface area contributed by atoms with Crippen molar-refractivity contribution in [2.75, 3.05) is 30.9 Å². The van der Waals surface area contributed by atoms with Crippen LogP contribution in [0.1, 0.15) is 29.8 Å². The van der Waals surface area contributed by atoms with Crippen LogP contribution in [0, 0.1) is 12.7 Å². The van der Waals surface area contributed by atoms with Crippen LogP contribution in [0.15, 0.2) is 47.4 Å². The summed E-state index contributed by atoms with van der Waals surface area (Å²) in [6, 6.07) is 9.91. The van der Waals surface area contributed by atoms with E-state index in [4.69, 9.17) is 4.74 Å². The molecule has 2 aromatic rings. The van der Waals surface area contributed by atoms with Gasteiger partial charge in [-0.2, -0.15) is 0 Å². The maximum Gasteiger partial charge on any atom is 0.261 e. The maximum atomic E-state index is 13.8. The van der Waals surface area contributed by atoms with E-state index < -0.39 is 15.8 Å². The molecule has 0 saturated carbocycles. The van der Waals surface area contributed by atoms with Crippen LogP contribution in [0.3, 0.4) is 0 Å². The van der Waals surface area contributed by atoms with Gasteiger partial charge in [0.05, 0.1) is 17.1 Å². The molecule has 1 amide bonds. The first-order valence-electron chi connectivity index (χ1n) is 10.2. The lowest BCUT2D eigenvalue weighted by Gasteiger charge is -2.35. The Morgan fingerprint density at radius 1 is 1.16 bits per heavy atom. The maximum absolute atomic E-state index is 13.8. The second-order valence-electron chi connectivity index (χ2n) is 7.87. The molecular weight excluding hydrogens is 421 g/mol. The number of hydrogen-bond acceptors (Lipinski definition) is 5. The Labute approximate surface area is 182 Å². The molecular formula is C22H28FN3O4S. The minimum Gasteiger partial charge on any atom is -0.373 e. The summed E-state index contributed by atoms with van der Waals surface area (Å²) in [5.74, 6) is -0.892. The zero-order valence-electron chi connectivity index (χ0n) is 17.9. The van der Waals surface area contributed by atoms with Gasteiger partial charge in [0.25, 0.3) is 15.9 Å². The van der Waals surface area contributed by atoms with Crippen molar-refractivity contribution in [2.45, 2.75) is 37.9 Å². The first-order valence-corrected chi connectivity index (χ1v) is 11.7. The van der Waals surface area contributed by atoms with Crippen molar-refractivity contribution in [3.8, 4) is 0 Å². The minimum absolute atomic E-state index is 0.158. The van der Waals surface area contributed by atoms with E-state index >= 15 is 0 Å². The zero-order chi connectivity index (χ0) is 22.6. The molecule has 0 unspecified atom stereocenters. The fourth-order valence-electron chi connectivity index (χ4n) is 3.58. The van der Waals surface area contributed by atoms with Crippen LogP contribution in [0.5, 0.6) is 0 Å². The Balaban J connectivity index is 1.60. The molecule has 1 fully saturated rings. The number of nitrogens with one attached hydrogen (secondary N) is 2. The third kappa shape index (κ3) is 6.25. The van der Waals surface area contributed by atoms with Crippen molar-refractivity contribution in [1.29, 1.82) is 0 Å². The van der Waals surface area contributed by atoms with Crippen molar-refractivity contribution < 1.29 is 22.3 Å². The molecule has 9 heteroatoms. The number of amides is 1. The molecule has 0 aromatic heterocycles. The average Bonchev–Trinajstić information content (AvgIpc) is 2.69. The molecule has 0 spiro atoms. The van der Waals surface area contributed by atoms with Crippen LogP contribution in [-0.4, -0.2) is 57.6 Å². The van der Waals surface area contributed by atoms with E-state index in [0.29, 0.717) is 24.2 Å². The van der Waals surface area contributed by atoms with Crippen LogP contribution in [0.4, 0.5) is 10.1 Å². The van der Waals surface area contributed by atoms with Gasteiger partial charge < -0.3 is 10.1 Å². The number of aryl methyl sites for hydroxylation is 1. The zero-order valence-corrected chi connectivity index (χ0v) is 18.7. The SMILES string of the molecule is Cc1ccc(S(=O)(=O)Nc2cccc(C(=O)NCCN3C[C@H](C)O[C@@H](C)C3)c2)cc1F. The number of rotatable bonds is 7. The van der Waals surface area contributed by atoms with E-state index in [1.54, 1.807) is 19.1 Å². The first-order chi connectivity index (χ1) is 14.6. The summed E-state index contributed by atoms with van der Waals surface area (Å²) in [6.07, 6.45) is 0.317. The molecule has 1 heterocycles. The van der Waals surface area contributed by atoms with Crippen LogP contribution in [0.2, 0.25) is 0 Å². The lowest BCUT2D eigenvalue weighted by atomic mass is 10.2. The van der Waals surface area contributed by atoms with Gasteiger partial charge in [0.2, 0.25) is 0 Å². The molecule has 1 aliphatic heterocycles. The van der Waals surface area contributed by atoms with E-state index in [1.807, 2.05) is 13.8 Å². The number of nitrogens with zero attached hydrogens (tertiary/aromatic N) is 1. The molecule has 0 aliphatic carbocycles. The predicted molar refractivity (Wildman–Crippen MR) is 117 cm³/mol. The van der Waals surface area contributed by atoms with Crippen molar-refractivity contribution >= 4 is 21.6 Å². The molecule has 3 rings (SSSR count). The van der Waals surface area contributed by atoms with Crippen LogP contribution >= 0.6 is 0 Å². The Morgan fingerprint density at radius 3 is 2.55 bits per heavy atom. The Morgan fingerprint density at radius 2 is 1.87 bits per heavy atom. The topological polar surface area (TPSA) is 87.7 Å². The number of anilines is 1. The lowest BCUT2D eigenvalue weighted by molar-refractivity contribution is -0.0672. The van der Waals surface area contributed by atoms with Gasteiger partial charge in [0.15, 0.2) is 0 Å². The summed E-state index contributed by atoms with van der Waals surface area (Å²) in [5.41, 5.74) is 0.919. The van der Waals surface area contributed by atoms with Crippen molar-refractivity contribution in [3.63, 3.8) is 0 Å². The monoisotopic (exact) mass is 449 g/mol. The van der Waals surface area contributed by atoms with E-state index in [-0.39, 0.29) is 28.7 Å². The summed E-state index contributed by atoms with van der Waals surface area (Å²) in [4.78, 5) is 14.6. The molecule has 2 atom stereocenters. The summed E-state index contributed by atoms with van der Waals surface area (Å²) in [5, 5.41) is 2.86. The lowest BCUT2D eigenvalue weighted by Crippen LogP contribution is -2.47. The van der Waals surface area contributed by atoms with Crippen molar-refractivity contribution in [3.05, 3.63) is 59.4 Å². The summed E-state index contributed by atoms with van der Waals surface area (Å²) >= 11 is 0. The van der Waals surface area contributed by atoms with Gasteiger partial charge in [0.1, 0.15) is 5.82 Å². The van der Waals surface area contributed by atoms with Crippen molar-refractivity contribution in [1.82, 2.24) is 10.2 Å². The fraction of sp³-hybridized carbons (Fsp3) is 0.409. The number of ether oxygens (including phenoxy) is 1. The quantitative estimate of drug-likeness (QED) is 0.679. The van der Waals surface area contributed by atoms with E-state index in [9.17, 15) is 17.6 Å². The molecule has 0 bridgehead atoms. The third-order valence-corrected chi connectivity index (χ3v) is 6.42. The van der Waals surface area contributed by atoms with Gasteiger partial charge in [0, 0.05) is 37.4 Å².